The molecule has 0 bridgehead atoms. The highest BCUT2D eigenvalue weighted by molar-refractivity contribution is 7.11. The maximum absolute atomic E-state index is 8.96. The SMILES string of the molecule is OCc1cnc(CN2CCCCCC2)s1. The Hall–Kier alpha value is -0.450. The molecule has 1 fully saturated rings. The molecule has 1 aromatic rings. The Kier molecular flexibility index (Phi) is 4.11. The number of aliphatic hydroxyl groups excluding tert-OH is 1. The molecule has 0 atom stereocenters. The Labute approximate surface area is 94.8 Å². The van der Waals surface area contributed by atoms with Crippen LogP contribution in [-0.2, 0) is 13.2 Å². The van der Waals surface area contributed by atoms with E-state index in [9.17, 15) is 0 Å². The molecule has 3 nitrogen and oxygen atoms in total. The van der Waals surface area contributed by atoms with Gasteiger partial charge in [-0.05, 0) is 25.9 Å². The number of aliphatic hydroxyl groups is 1. The zero-order valence-corrected chi connectivity index (χ0v) is 9.80. The van der Waals surface area contributed by atoms with Crippen molar-refractivity contribution >= 4 is 11.3 Å². The monoisotopic (exact) mass is 226 g/mol. The van der Waals surface area contributed by atoms with Crippen molar-refractivity contribution < 1.29 is 5.11 Å². The summed E-state index contributed by atoms with van der Waals surface area (Å²) in [5.41, 5.74) is 0. The molecule has 1 N–H and O–H groups in total. The number of hydrogen-bond donors (Lipinski definition) is 1. The van der Waals surface area contributed by atoms with E-state index < -0.39 is 0 Å². The molecule has 4 heteroatoms. The van der Waals surface area contributed by atoms with Gasteiger partial charge in [-0.3, -0.25) is 4.90 Å². The summed E-state index contributed by atoms with van der Waals surface area (Å²) in [6.45, 7) is 3.49. The van der Waals surface area contributed by atoms with E-state index in [4.69, 9.17) is 5.11 Å². The lowest BCUT2D eigenvalue weighted by Crippen LogP contribution is -2.23. The third kappa shape index (κ3) is 3.26. The summed E-state index contributed by atoms with van der Waals surface area (Å²) in [4.78, 5) is 7.78. The van der Waals surface area contributed by atoms with Gasteiger partial charge in [-0.25, -0.2) is 4.98 Å². The van der Waals surface area contributed by atoms with Crippen LogP contribution in [0.3, 0.4) is 0 Å². The number of rotatable bonds is 3. The summed E-state index contributed by atoms with van der Waals surface area (Å²) < 4.78 is 0. The lowest BCUT2D eigenvalue weighted by molar-refractivity contribution is 0.276. The molecule has 0 aromatic carbocycles. The van der Waals surface area contributed by atoms with Crippen LogP contribution >= 0.6 is 11.3 Å². The second kappa shape index (κ2) is 5.58. The van der Waals surface area contributed by atoms with Gasteiger partial charge in [0.15, 0.2) is 0 Å². The molecular formula is C11H18N2OS. The summed E-state index contributed by atoms with van der Waals surface area (Å²) in [6.07, 6.45) is 7.17. The molecule has 15 heavy (non-hydrogen) atoms. The number of hydrogen-bond acceptors (Lipinski definition) is 4. The molecule has 2 rings (SSSR count). The number of nitrogens with zero attached hydrogens (tertiary/aromatic N) is 2. The zero-order chi connectivity index (χ0) is 10.5. The molecule has 84 valence electrons. The second-order valence-electron chi connectivity index (χ2n) is 4.07. The Morgan fingerprint density at radius 3 is 2.60 bits per heavy atom. The molecule has 2 heterocycles. The van der Waals surface area contributed by atoms with Crippen molar-refractivity contribution in [2.24, 2.45) is 0 Å². The lowest BCUT2D eigenvalue weighted by Gasteiger charge is -2.17. The van der Waals surface area contributed by atoms with E-state index >= 15 is 0 Å². The summed E-state index contributed by atoms with van der Waals surface area (Å²) in [6, 6.07) is 0. The smallest absolute Gasteiger partial charge is 0.107 e. The highest BCUT2D eigenvalue weighted by atomic mass is 32.1. The van der Waals surface area contributed by atoms with Crippen LogP contribution in [0.15, 0.2) is 6.20 Å². The third-order valence-electron chi connectivity index (χ3n) is 2.81. The Bertz CT molecular complexity index is 293. The molecule has 0 saturated carbocycles. The van der Waals surface area contributed by atoms with Crippen LogP contribution in [0.25, 0.3) is 0 Å². The van der Waals surface area contributed by atoms with Crippen molar-refractivity contribution in [3.8, 4) is 0 Å². The minimum Gasteiger partial charge on any atom is -0.391 e. The zero-order valence-electron chi connectivity index (χ0n) is 8.98. The van der Waals surface area contributed by atoms with Crippen LogP contribution in [0.4, 0.5) is 0 Å². The average Bonchev–Trinajstić information content (AvgIpc) is 2.54. The number of aromatic nitrogens is 1. The normalized spacial score (nSPS) is 19.0. The fourth-order valence-corrected chi connectivity index (χ4v) is 2.80. The summed E-state index contributed by atoms with van der Waals surface area (Å²) >= 11 is 1.63. The van der Waals surface area contributed by atoms with Gasteiger partial charge in [-0.2, -0.15) is 0 Å². The summed E-state index contributed by atoms with van der Waals surface area (Å²) in [7, 11) is 0. The minimum absolute atomic E-state index is 0.123. The average molecular weight is 226 g/mol. The van der Waals surface area contributed by atoms with E-state index in [1.807, 2.05) is 0 Å². The predicted octanol–water partition coefficient (Wildman–Crippen LogP) is 2.01. The fraction of sp³-hybridized carbons (Fsp3) is 0.727. The molecule has 1 saturated heterocycles. The van der Waals surface area contributed by atoms with Gasteiger partial charge < -0.3 is 5.11 Å². The first-order valence-electron chi connectivity index (χ1n) is 5.65. The molecule has 1 aliphatic heterocycles. The standard InChI is InChI=1S/C11H18N2OS/c14-9-10-7-12-11(15-10)8-13-5-3-1-2-4-6-13/h7,14H,1-6,8-9H2. The van der Waals surface area contributed by atoms with Gasteiger partial charge in [0.05, 0.1) is 18.0 Å². The van der Waals surface area contributed by atoms with Gasteiger partial charge in [-0.15, -0.1) is 11.3 Å². The van der Waals surface area contributed by atoms with Crippen molar-refractivity contribution in [2.45, 2.75) is 38.8 Å². The van der Waals surface area contributed by atoms with Crippen LogP contribution in [0.2, 0.25) is 0 Å². The van der Waals surface area contributed by atoms with Crippen LogP contribution < -0.4 is 0 Å². The van der Waals surface area contributed by atoms with E-state index in [0.29, 0.717) is 0 Å². The maximum Gasteiger partial charge on any atom is 0.107 e. The third-order valence-corrected chi connectivity index (χ3v) is 3.78. The quantitative estimate of drug-likeness (QED) is 0.856. The molecule has 0 aliphatic carbocycles. The van der Waals surface area contributed by atoms with E-state index in [-0.39, 0.29) is 6.61 Å². The van der Waals surface area contributed by atoms with Crippen molar-refractivity contribution in [3.63, 3.8) is 0 Å². The van der Waals surface area contributed by atoms with Gasteiger partial charge in [-0.1, -0.05) is 12.8 Å². The van der Waals surface area contributed by atoms with Gasteiger partial charge >= 0.3 is 0 Å². The number of thiazole rings is 1. The van der Waals surface area contributed by atoms with Crippen LogP contribution in [0.5, 0.6) is 0 Å². The molecule has 0 amide bonds. The van der Waals surface area contributed by atoms with Crippen molar-refractivity contribution in [2.75, 3.05) is 13.1 Å². The summed E-state index contributed by atoms with van der Waals surface area (Å²) in [5, 5.41) is 10.1. The fourth-order valence-electron chi connectivity index (χ4n) is 1.98. The number of likely N-dealkylation sites (tertiary alicyclic amines) is 1. The van der Waals surface area contributed by atoms with Gasteiger partial charge in [0.1, 0.15) is 5.01 Å². The van der Waals surface area contributed by atoms with Gasteiger partial charge in [0, 0.05) is 6.20 Å². The first-order valence-corrected chi connectivity index (χ1v) is 6.47. The molecule has 0 spiro atoms. The molecule has 1 aliphatic rings. The topological polar surface area (TPSA) is 36.4 Å². The second-order valence-corrected chi connectivity index (χ2v) is 5.27. The van der Waals surface area contributed by atoms with Crippen molar-refractivity contribution in [1.82, 2.24) is 9.88 Å². The first-order chi connectivity index (χ1) is 7.38. The van der Waals surface area contributed by atoms with Crippen molar-refractivity contribution in [1.29, 1.82) is 0 Å². The Morgan fingerprint density at radius 1 is 1.27 bits per heavy atom. The maximum atomic E-state index is 8.96. The summed E-state index contributed by atoms with van der Waals surface area (Å²) in [5.74, 6) is 0. The van der Waals surface area contributed by atoms with Gasteiger partial charge in [0.2, 0.25) is 0 Å². The van der Waals surface area contributed by atoms with Gasteiger partial charge in [0.25, 0.3) is 0 Å². The van der Waals surface area contributed by atoms with E-state index in [1.165, 1.54) is 38.8 Å². The lowest BCUT2D eigenvalue weighted by atomic mass is 10.2. The predicted molar refractivity (Wildman–Crippen MR) is 61.8 cm³/mol. The van der Waals surface area contributed by atoms with Crippen LogP contribution in [0, 0.1) is 0 Å². The highest BCUT2D eigenvalue weighted by Crippen LogP contribution is 2.17. The Balaban J connectivity index is 1.89. The molecule has 1 aromatic heterocycles. The van der Waals surface area contributed by atoms with Crippen molar-refractivity contribution in [3.05, 3.63) is 16.1 Å². The minimum atomic E-state index is 0.123. The largest absolute Gasteiger partial charge is 0.391 e. The van der Waals surface area contributed by atoms with Crippen LogP contribution in [-0.4, -0.2) is 28.1 Å². The Morgan fingerprint density at radius 2 is 2.00 bits per heavy atom. The molecular weight excluding hydrogens is 208 g/mol. The highest BCUT2D eigenvalue weighted by Gasteiger charge is 2.11. The van der Waals surface area contributed by atoms with E-state index in [0.717, 1.165) is 16.4 Å². The molecule has 0 unspecified atom stereocenters. The van der Waals surface area contributed by atoms with E-state index in [2.05, 4.69) is 9.88 Å². The first kappa shape index (κ1) is 11.0. The molecule has 0 radical (unpaired) electrons. The van der Waals surface area contributed by atoms with Crippen LogP contribution in [0.1, 0.15) is 35.6 Å². The van der Waals surface area contributed by atoms with E-state index in [1.54, 1.807) is 17.5 Å².